The highest BCUT2D eigenvalue weighted by atomic mass is 35.5. The van der Waals surface area contributed by atoms with E-state index in [1.54, 1.807) is 0 Å². The van der Waals surface area contributed by atoms with Gasteiger partial charge in [0.1, 0.15) is 29.7 Å². The second-order valence-electron chi connectivity index (χ2n) is 13.5. The van der Waals surface area contributed by atoms with Gasteiger partial charge in [-0.2, -0.15) is 9.97 Å². The summed E-state index contributed by atoms with van der Waals surface area (Å²) in [6.45, 7) is 8.16. The van der Waals surface area contributed by atoms with Crippen LogP contribution in [0.15, 0.2) is 0 Å². The lowest BCUT2D eigenvalue weighted by Crippen LogP contribution is -2.57. The highest BCUT2D eigenvalue weighted by molar-refractivity contribution is 6.30. The van der Waals surface area contributed by atoms with Crippen molar-refractivity contribution < 1.29 is 23.0 Å². The van der Waals surface area contributed by atoms with Gasteiger partial charge in [0.2, 0.25) is 0 Å². The molecule has 1 amide bonds. The van der Waals surface area contributed by atoms with Gasteiger partial charge in [0.25, 0.3) is 0 Å². The molecule has 1 aliphatic carbocycles. The number of carbonyl (C=O) groups excluding carboxylic acids is 1. The van der Waals surface area contributed by atoms with Crippen molar-refractivity contribution in [2.45, 2.75) is 101 Å². The van der Waals surface area contributed by atoms with Gasteiger partial charge in [-0.05, 0) is 65.8 Å². The van der Waals surface area contributed by atoms with Crippen LogP contribution in [-0.2, 0) is 4.74 Å². The molecule has 41 heavy (non-hydrogen) atoms. The molecule has 4 aliphatic heterocycles. The maximum Gasteiger partial charge on any atom is 0.410 e. The minimum atomic E-state index is -0.882. The van der Waals surface area contributed by atoms with Crippen LogP contribution in [0.25, 0.3) is 10.9 Å². The molecule has 5 aliphatic rings. The van der Waals surface area contributed by atoms with Gasteiger partial charge in [-0.1, -0.05) is 11.6 Å². The number of rotatable bonds is 5. The highest BCUT2D eigenvalue weighted by Crippen LogP contribution is 2.47. The lowest BCUT2D eigenvalue weighted by Gasteiger charge is -2.42. The quantitative estimate of drug-likeness (QED) is 0.437. The second kappa shape index (κ2) is 9.76. The van der Waals surface area contributed by atoms with E-state index in [0.29, 0.717) is 43.0 Å². The summed E-state index contributed by atoms with van der Waals surface area (Å²) < 4.78 is 41.9. The molecule has 222 valence electrons. The van der Waals surface area contributed by atoms with E-state index in [-0.39, 0.29) is 52.9 Å². The van der Waals surface area contributed by atoms with Gasteiger partial charge >= 0.3 is 12.1 Å². The van der Waals surface area contributed by atoms with Crippen LogP contribution in [0.3, 0.4) is 0 Å². The van der Waals surface area contributed by atoms with Gasteiger partial charge in [0, 0.05) is 32.0 Å². The van der Waals surface area contributed by atoms with E-state index in [4.69, 9.17) is 26.1 Å². The monoisotopic (exact) mass is 590 g/mol. The Kier molecular flexibility index (Phi) is 6.50. The van der Waals surface area contributed by atoms with Crippen molar-refractivity contribution in [1.82, 2.24) is 24.8 Å². The van der Waals surface area contributed by atoms with Gasteiger partial charge in [-0.25, -0.2) is 18.6 Å². The fourth-order valence-electron chi connectivity index (χ4n) is 7.41. The summed E-state index contributed by atoms with van der Waals surface area (Å²) in [6.07, 6.45) is 4.66. The first kappa shape index (κ1) is 27.3. The van der Waals surface area contributed by atoms with E-state index in [9.17, 15) is 9.18 Å². The molecule has 6 heterocycles. The summed E-state index contributed by atoms with van der Waals surface area (Å²) in [6, 6.07) is -0.0578. The molecule has 12 heteroatoms. The summed E-state index contributed by atoms with van der Waals surface area (Å²) in [7, 11) is 0. The van der Waals surface area contributed by atoms with Gasteiger partial charge in [-0.15, -0.1) is 0 Å². The Morgan fingerprint density at radius 1 is 1.10 bits per heavy atom. The SMILES string of the molecule is CC(C)(C)OC(=O)N1[C@@H]2CC[C@H]1CN(c1nc(OC[C@@]34CCCN3C[C@H](F)C4)nc3c(F)c(Cl)nc(C4CC4)c13)C2. The zero-order valence-corrected chi connectivity index (χ0v) is 24.6. The summed E-state index contributed by atoms with van der Waals surface area (Å²) in [5.74, 6) is 0.0435. The molecule has 0 radical (unpaired) electrons. The van der Waals surface area contributed by atoms with Crippen LogP contribution >= 0.6 is 11.6 Å². The zero-order chi connectivity index (χ0) is 28.7. The Morgan fingerprint density at radius 3 is 2.51 bits per heavy atom. The number of halogens is 3. The zero-order valence-electron chi connectivity index (χ0n) is 23.8. The van der Waals surface area contributed by atoms with Crippen LogP contribution in [0, 0.1) is 5.82 Å². The minimum Gasteiger partial charge on any atom is -0.461 e. The number of amides is 1. The average Bonchev–Trinajstić information content (AvgIpc) is 3.53. The van der Waals surface area contributed by atoms with Crippen molar-refractivity contribution in [2.24, 2.45) is 0 Å². The predicted octanol–water partition coefficient (Wildman–Crippen LogP) is 5.24. The van der Waals surface area contributed by atoms with E-state index in [1.165, 1.54) is 0 Å². The van der Waals surface area contributed by atoms with Crippen LogP contribution in [-0.4, -0.2) is 93.0 Å². The molecule has 4 saturated heterocycles. The highest BCUT2D eigenvalue weighted by Gasteiger charge is 2.50. The predicted molar refractivity (Wildman–Crippen MR) is 150 cm³/mol. The minimum absolute atomic E-state index is 0.0564. The van der Waals surface area contributed by atoms with E-state index < -0.39 is 17.6 Å². The maximum absolute atomic E-state index is 15.6. The van der Waals surface area contributed by atoms with Gasteiger partial charge in [-0.3, -0.25) is 9.80 Å². The van der Waals surface area contributed by atoms with Crippen molar-refractivity contribution in [2.75, 3.05) is 37.7 Å². The van der Waals surface area contributed by atoms with E-state index in [0.717, 1.165) is 45.1 Å². The number of alkyl halides is 1. The molecule has 0 N–H and O–H groups in total. The maximum atomic E-state index is 15.6. The molecule has 2 aromatic heterocycles. The number of piperazine rings is 1. The van der Waals surface area contributed by atoms with Crippen molar-refractivity contribution in [1.29, 1.82) is 0 Å². The summed E-state index contributed by atoms with van der Waals surface area (Å²) >= 11 is 6.28. The Bertz CT molecular complexity index is 1370. The third-order valence-electron chi connectivity index (χ3n) is 9.31. The molecule has 1 saturated carbocycles. The van der Waals surface area contributed by atoms with Crippen LogP contribution < -0.4 is 9.64 Å². The Morgan fingerprint density at radius 2 is 1.83 bits per heavy atom. The lowest BCUT2D eigenvalue weighted by molar-refractivity contribution is 0.0122. The van der Waals surface area contributed by atoms with Crippen LogP contribution in [0.2, 0.25) is 5.15 Å². The third kappa shape index (κ3) is 4.86. The number of aromatic nitrogens is 3. The van der Waals surface area contributed by atoms with E-state index in [1.807, 2.05) is 25.7 Å². The van der Waals surface area contributed by atoms with Crippen LogP contribution in [0.4, 0.5) is 19.4 Å². The number of fused-ring (bicyclic) bond motifs is 4. The number of pyridine rings is 1. The molecule has 4 atom stereocenters. The van der Waals surface area contributed by atoms with Crippen molar-refractivity contribution >= 4 is 34.4 Å². The number of hydrogen-bond donors (Lipinski definition) is 0. The largest absolute Gasteiger partial charge is 0.461 e. The first-order valence-electron chi connectivity index (χ1n) is 14.9. The second-order valence-corrected chi connectivity index (χ2v) is 13.8. The summed E-state index contributed by atoms with van der Waals surface area (Å²) in [5, 5.41) is 0.360. The van der Waals surface area contributed by atoms with Crippen LogP contribution in [0.5, 0.6) is 6.01 Å². The van der Waals surface area contributed by atoms with Crippen molar-refractivity contribution in [3.8, 4) is 6.01 Å². The van der Waals surface area contributed by atoms with Gasteiger partial charge < -0.3 is 14.4 Å². The number of hydrogen-bond acceptors (Lipinski definition) is 8. The number of ether oxygens (including phenoxy) is 2. The summed E-state index contributed by atoms with van der Waals surface area (Å²) in [5.41, 5.74) is -0.153. The molecule has 0 unspecified atom stereocenters. The van der Waals surface area contributed by atoms with Crippen molar-refractivity contribution in [3.05, 3.63) is 16.7 Å². The molecular weight excluding hydrogens is 554 g/mol. The normalized spacial score (nSPS) is 29.9. The average molecular weight is 591 g/mol. The molecule has 2 bridgehead atoms. The molecule has 2 aromatic rings. The standard InChI is InChI=1S/C29H37ClF2N6O3/c1-28(2,3)41-27(39)38-18-7-8-19(38)14-36(13-18)25-20-22(16-5-6-16)33-24(30)21(32)23(20)34-26(35-25)40-15-29-9-4-10-37(29)12-17(31)11-29/h16-19H,4-15H2,1-3H3/t17-,18-,19+,29+/m1/s1. The van der Waals surface area contributed by atoms with Gasteiger partial charge in [0.05, 0.1) is 28.7 Å². The Labute approximate surface area is 243 Å². The van der Waals surface area contributed by atoms with Crippen LogP contribution in [0.1, 0.15) is 77.3 Å². The fraction of sp³-hybridized carbons (Fsp3) is 0.724. The smallest absolute Gasteiger partial charge is 0.410 e. The van der Waals surface area contributed by atoms with Gasteiger partial charge in [0.15, 0.2) is 11.0 Å². The molecule has 7 rings (SSSR count). The lowest BCUT2D eigenvalue weighted by atomic mass is 9.95. The number of nitrogens with zero attached hydrogens (tertiary/aromatic N) is 6. The molecule has 0 aromatic carbocycles. The number of carbonyl (C=O) groups is 1. The Balaban J connectivity index is 1.25. The first-order valence-corrected chi connectivity index (χ1v) is 15.2. The van der Waals surface area contributed by atoms with E-state index >= 15 is 4.39 Å². The molecule has 9 nitrogen and oxygen atoms in total. The van der Waals surface area contributed by atoms with Crippen molar-refractivity contribution in [3.63, 3.8) is 0 Å². The molecule has 0 spiro atoms. The molecular formula is C29H37ClF2N6O3. The fourth-order valence-corrected chi connectivity index (χ4v) is 7.59. The molecule has 5 fully saturated rings. The van der Waals surface area contributed by atoms with E-state index in [2.05, 4.69) is 19.8 Å². The number of anilines is 1. The first-order chi connectivity index (χ1) is 19.5. The summed E-state index contributed by atoms with van der Waals surface area (Å²) in [4.78, 5) is 33.1. The topological polar surface area (TPSA) is 83.9 Å². The Hall–Kier alpha value is -2.53. The third-order valence-corrected chi connectivity index (χ3v) is 9.56.